The third-order valence-corrected chi connectivity index (χ3v) is 5.10. The predicted octanol–water partition coefficient (Wildman–Crippen LogP) is 4.15. The van der Waals surface area contributed by atoms with Crippen LogP contribution in [0.3, 0.4) is 0 Å². The molecule has 2 N–H and O–H groups in total. The zero-order valence-corrected chi connectivity index (χ0v) is 19.4. The van der Waals surface area contributed by atoms with Gasteiger partial charge >= 0.3 is 17.7 Å². The minimum absolute atomic E-state index is 0.0497. The van der Waals surface area contributed by atoms with E-state index in [0.29, 0.717) is 12.1 Å². The zero-order valence-electron chi connectivity index (χ0n) is 19.4. The molecule has 1 aliphatic heterocycles. The minimum atomic E-state index is -0.981. The van der Waals surface area contributed by atoms with Crippen LogP contribution in [0.2, 0.25) is 0 Å². The summed E-state index contributed by atoms with van der Waals surface area (Å²) in [5.74, 6) is -0.579. The van der Waals surface area contributed by atoms with Gasteiger partial charge in [-0.1, -0.05) is 37.3 Å². The summed E-state index contributed by atoms with van der Waals surface area (Å²) >= 11 is 0. The highest BCUT2D eigenvalue weighted by molar-refractivity contribution is 5.95. The first-order valence-electron chi connectivity index (χ1n) is 10.8. The van der Waals surface area contributed by atoms with Gasteiger partial charge in [0, 0.05) is 11.8 Å². The van der Waals surface area contributed by atoms with Gasteiger partial charge in [-0.05, 0) is 37.5 Å². The molecule has 2 aromatic carbocycles. The van der Waals surface area contributed by atoms with E-state index in [9.17, 15) is 19.7 Å². The summed E-state index contributed by atoms with van der Waals surface area (Å²) < 4.78 is 16.6. The molecule has 0 fully saturated rings. The van der Waals surface area contributed by atoms with Gasteiger partial charge in [-0.15, -0.1) is 0 Å². The molecule has 0 aromatic heterocycles. The number of ether oxygens (including phenoxy) is 3. The molecule has 34 heavy (non-hydrogen) atoms. The average molecular weight is 469 g/mol. The monoisotopic (exact) mass is 469 g/mol. The number of rotatable bonds is 9. The molecular formula is C24H27N3O7. The molecule has 1 unspecified atom stereocenters. The molecule has 0 aliphatic carbocycles. The molecule has 0 saturated heterocycles. The van der Waals surface area contributed by atoms with Gasteiger partial charge in [0.2, 0.25) is 5.75 Å². The van der Waals surface area contributed by atoms with Crippen LogP contribution in [0.25, 0.3) is 0 Å². The number of urea groups is 1. The molecule has 0 saturated carbocycles. The number of carbonyl (C=O) groups excluding carboxylic acids is 2. The molecule has 1 heterocycles. The van der Waals surface area contributed by atoms with Crippen molar-refractivity contribution in [1.29, 1.82) is 0 Å². The standard InChI is InChI=1S/C24H27N3O7/c1-5-17-20(23(28)34-14(2)3)21(26-24(29)25-17)16-11-18(27(30)31)22(19(12-16)32-4)33-13-15-9-7-6-8-10-15/h6-12,14,21H,5,13H2,1-4H3,(H2,25,26,29). The van der Waals surface area contributed by atoms with Crippen molar-refractivity contribution in [3.05, 3.63) is 75.0 Å². The summed E-state index contributed by atoms with van der Waals surface area (Å²) in [4.78, 5) is 36.6. The summed E-state index contributed by atoms with van der Waals surface area (Å²) in [5.41, 5.74) is 1.30. The Labute approximate surface area is 197 Å². The maximum absolute atomic E-state index is 12.9. The SMILES string of the molecule is CCC1=C(C(=O)OC(C)C)C(c2cc(OC)c(OCc3ccccc3)c([N+](=O)[O-])c2)NC(=O)N1. The summed E-state index contributed by atoms with van der Waals surface area (Å²) in [5, 5.41) is 17.2. The van der Waals surface area contributed by atoms with Crippen molar-refractivity contribution >= 4 is 17.7 Å². The van der Waals surface area contributed by atoms with Crippen molar-refractivity contribution < 1.29 is 28.7 Å². The second-order valence-corrected chi connectivity index (χ2v) is 7.83. The Kier molecular flexibility index (Phi) is 7.72. The van der Waals surface area contributed by atoms with Gasteiger partial charge in [0.1, 0.15) is 6.61 Å². The van der Waals surface area contributed by atoms with Crippen LogP contribution in [-0.4, -0.2) is 30.1 Å². The zero-order chi connectivity index (χ0) is 24.8. The average Bonchev–Trinajstić information content (AvgIpc) is 2.81. The fourth-order valence-electron chi connectivity index (χ4n) is 3.60. The number of benzene rings is 2. The first-order chi connectivity index (χ1) is 16.2. The summed E-state index contributed by atoms with van der Waals surface area (Å²) in [6, 6.07) is 10.5. The van der Waals surface area contributed by atoms with Crippen LogP contribution in [0, 0.1) is 10.1 Å². The molecule has 0 bridgehead atoms. The molecule has 1 atom stereocenters. The van der Waals surface area contributed by atoms with E-state index in [1.807, 2.05) is 30.3 Å². The third kappa shape index (κ3) is 5.45. The lowest BCUT2D eigenvalue weighted by Crippen LogP contribution is -2.46. The normalized spacial score (nSPS) is 15.4. The fraction of sp³-hybridized carbons (Fsp3) is 0.333. The number of carbonyl (C=O) groups is 2. The summed E-state index contributed by atoms with van der Waals surface area (Å²) in [7, 11) is 1.36. The molecule has 10 nitrogen and oxygen atoms in total. The second-order valence-electron chi connectivity index (χ2n) is 7.83. The highest BCUT2D eigenvalue weighted by Gasteiger charge is 2.36. The Balaban J connectivity index is 2.08. The van der Waals surface area contributed by atoms with E-state index < -0.39 is 29.1 Å². The van der Waals surface area contributed by atoms with Gasteiger partial charge in [-0.3, -0.25) is 10.1 Å². The van der Waals surface area contributed by atoms with Gasteiger partial charge in [0.05, 0.1) is 29.8 Å². The number of hydrogen-bond donors (Lipinski definition) is 2. The van der Waals surface area contributed by atoms with Gasteiger partial charge < -0.3 is 24.8 Å². The van der Waals surface area contributed by atoms with Crippen molar-refractivity contribution in [2.45, 2.75) is 45.9 Å². The van der Waals surface area contributed by atoms with Crippen LogP contribution in [0.1, 0.15) is 44.4 Å². The van der Waals surface area contributed by atoms with E-state index in [2.05, 4.69) is 10.6 Å². The van der Waals surface area contributed by atoms with Crippen molar-refractivity contribution in [2.75, 3.05) is 7.11 Å². The quantitative estimate of drug-likeness (QED) is 0.321. The van der Waals surface area contributed by atoms with Crippen molar-refractivity contribution in [2.24, 2.45) is 0 Å². The molecule has 3 rings (SSSR count). The van der Waals surface area contributed by atoms with Crippen LogP contribution in [-0.2, 0) is 16.1 Å². The number of methoxy groups -OCH3 is 1. The number of nitro benzene ring substituents is 1. The lowest BCUT2D eigenvalue weighted by molar-refractivity contribution is -0.386. The van der Waals surface area contributed by atoms with Gasteiger partial charge in [-0.25, -0.2) is 9.59 Å². The molecule has 2 amide bonds. The van der Waals surface area contributed by atoms with E-state index in [-0.39, 0.29) is 34.9 Å². The van der Waals surface area contributed by atoms with Crippen LogP contribution in [0.4, 0.5) is 10.5 Å². The van der Waals surface area contributed by atoms with Crippen LogP contribution < -0.4 is 20.1 Å². The van der Waals surface area contributed by atoms with Gasteiger partial charge in [0.15, 0.2) is 5.75 Å². The number of esters is 1. The lowest BCUT2D eigenvalue weighted by atomic mass is 9.93. The molecule has 10 heteroatoms. The van der Waals surface area contributed by atoms with E-state index in [1.165, 1.54) is 19.2 Å². The van der Waals surface area contributed by atoms with E-state index in [0.717, 1.165) is 5.56 Å². The molecule has 1 aliphatic rings. The number of hydrogen-bond acceptors (Lipinski definition) is 7. The summed E-state index contributed by atoms with van der Waals surface area (Å²) in [6.45, 7) is 5.29. The second kappa shape index (κ2) is 10.7. The van der Waals surface area contributed by atoms with Crippen molar-refractivity contribution in [3.63, 3.8) is 0 Å². The highest BCUT2D eigenvalue weighted by atomic mass is 16.6. The first kappa shape index (κ1) is 24.6. The van der Waals surface area contributed by atoms with Crippen LogP contribution >= 0.6 is 0 Å². The Bertz CT molecular complexity index is 1110. The predicted molar refractivity (Wildman–Crippen MR) is 123 cm³/mol. The van der Waals surface area contributed by atoms with E-state index in [4.69, 9.17) is 14.2 Å². The maximum Gasteiger partial charge on any atom is 0.338 e. The lowest BCUT2D eigenvalue weighted by Gasteiger charge is -2.29. The van der Waals surface area contributed by atoms with E-state index in [1.54, 1.807) is 20.8 Å². The number of amides is 2. The largest absolute Gasteiger partial charge is 0.493 e. The number of nitro groups is 1. The molecule has 180 valence electrons. The molecule has 2 aromatic rings. The molecule has 0 spiro atoms. The first-order valence-corrected chi connectivity index (χ1v) is 10.8. The Hall–Kier alpha value is -4.08. The molecular weight excluding hydrogens is 442 g/mol. The van der Waals surface area contributed by atoms with Crippen LogP contribution in [0.15, 0.2) is 53.7 Å². The number of nitrogens with zero attached hydrogens (tertiary/aromatic N) is 1. The Morgan fingerprint density at radius 2 is 1.91 bits per heavy atom. The Morgan fingerprint density at radius 3 is 2.50 bits per heavy atom. The van der Waals surface area contributed by atoms with Crippen LogP contribution in [0.5, 0.6) is 11.5 Å². The Morgan fingerprint density at radius 1 is 1.21 bits per heavy atom. The smallest absolute Gasteiger partial charge is 0.338 e. The number of nitrogens with one attached hydrogen (secondary N) is 2. The topological polar surface area (TPSA) is 129 Å². The van der Waals surface area contributed by atoms with Crippen molar-refractivity contribution in [3.8, 4) is 11.5 Å². The summed E-state index contributed by atoms with van der Waals surface area (Å²) in [6.07, 6.45) is -0.0433. The minimum Gasteiger partial charge on any atom is -0.493 e. The third-order valence-electron chi connectivity index (χ3n) is 5.10. The van der Waals surface area contributed by atoms with Gasteiger partial charge in [-0.2, -0.15) is 0 Å². The highest BCUT2D eigenvalue weighted by Crippen LogP contribution is 2.42. The maximum atomic E-state index is 12.9. The van der Waals surface area contributed by atoms with Crippen molar-refractivity contribution in [1.82, 2.24) is 10.6 Å². The fourth-order valence-corrected chi connectivity index (χ4v) is 3.60. The number of allylic oxidation sites excluding steroid dienone is 1. The van der Waals surface area contributed by atoms with Gasteiger partial charge in [0.25, 0.3) is 0 Å². The van der Waals surface area contributed by atoms with E-state index >= 15 is 0 Å². The molecule has 0 radical (unpaired) electrons.